The summed E-state index contributed by atoms with van der Waals surface area (Å²) in [4.78, 5) is 12.0. The molecule has 0 aromatic heterocycles. The van der Waals surface area contributed by atoms with Crippen molar-refractivity contribution < 1.29 is 108 Å². The second kappa shape index (κ2) is 31.8. The number of hydrogen-bond acceptors (Lipinski definition) is 25. The predicted octanol–water partition coefficient (Wildman–Crippen LogP) is -1.70. The molecule has 30 atom stereocenters. The molecule has 7 aliphatic rings. The Labute approximate surface area is 477 Å². The van der Waals surface area contributed by atoms with Gasteiger partial charge in [-0.05, 0) is 96.3 Å². The molecule has 0 aromatic rings. The van der Waals surface area contributed by atoms with Gasteiger partial charge in [-0.25, -0.2) is 4.79 Å². The SMILES string of the molecule is CCC1CO1.CC[C@H]1O[C@H](OC2[C@@H](C)C[C@@H](CCC(O)CNC(=O)OC(C)(C)C)[C@H](O[C@H]3O[C@H](CO)[C@@H](O)[C@H](N)[C@H]3O)[C@H]2O)[C@H](C)C[C@@H]1O.CC[C@H]1O[C@H](OC2[C@@H](C)C[C@@H](N)[C@H](O[C@H]3O[C@H](CO)[C@@H](O)[C@H](N)[C@H]3O)[C@H]2O)[C@H](C)C[C@@H]1O. The van der Waals surface area contributed by atoms with E-state index in [2.05, 4.69) is 12.2 Å². The minimum absolute atomic E-state index is 0.0340. The number of amides is 1. The standard InChI is InChI=1S/C30H56N2O12.C21H40N2O9.C4H8O/c1-7-19-18(35)11-15(3)27(40-19)42-25-14(2)10-16(8-9-17(34)12-32-29(39)44-30(4,5)6)26(24(25)38)43-28-23(37)21(31)22(36)20(13-33)41-28;1-4-12-11(25)6-9(3)20(29-12)31-18-8(2)5-10(22)19(17(18)28)32-21-16(27)14(23)15(26)13(7-24)30-21;1-2-4-3-5-4/h14-28,33-38H,7-13,31H2,1-6H3,(H,32,39);8-21,24-28H,4-7,22-23H2,1-3H3;4H,2-3H2,1H3/t14-,15+,16+,17?,18-,19+,20+,21-,22+,23+,24-,25?,26-,27+,28+;8-,9+,10+,11-,12+,13+,14-,15+,16+,17-,18?,19-,20+,21+;/m00./s1. The number of hydrogen-bond donors (Lipinski definition) is 15. The molecule has 26 heteroatoms. The van der Waals surface area contributed by atoms with Gasteiger partial charge < -0.3 is 126 Å². The number of rotatable bonds is 18. The summed E-state index contributed by atoms with van der Waals surface area (Å²) in [5.74, 6) is -0.812. The van der Waals surface area contributed by atoms with Gasteiger partial charge in [0.25, 0.3) is 0 Å². The maximum atomic E-state index is 12.0. The quantitative estimate of drug-likeness (QED) is 0.0680. The Kier molecular flexibility index (Phi) is 27.6. The highest BCUT2D eigenvalue weighted by atomic mass is 16.7. The Morgan fingerprint density at radius 3 is 1.40 bits per heavy atom. The van der Waals surface area contributed by atoms with E-state index in [4.69, 9.17) is 64.6 Å². The van der Waals surface area contributed by atoms with Crippen molar-refractivity contribution in [2.45, 2.75) is 286 Å². The van der Waals surface area contributed by atoms with Gasteiger partial charge in [0.05, 0.1) is 86.8 Å². The molecule has 7 rings (SSSR count). The summed E-state index contributed by atoms with van der Waals surface area (Å²) in [6, 6.07) is -2.82. The molecule has 4 unspecified atom stereocenters. The molecule has 0 spiro atoms. The minimum Gasteiger partial charge on any atom is -0.444 e. The molecule has 7 fully saturated rings. The van der Waals surface area contributed by atoms with Crippen LogP contribution in [0.15, 0.2) is 0 Å². The smallest absolute Gasteiger partial charge is 0.407 e. The van der Waals surface area contributed by atoms with Gasteiger partial charge in [-0.2, -0.15) is 0 Å². The summed E-state index contributed by atoms with van der Waals surface area (Å²) in [5.41, 5.74) is 17.4. The first-order valence-corrected chi connectivity index (χ1v) is 29.5. The van der Waals surface area contributed by atoms with Crippen molar-refractivity contribution in [2.75, 3.05) is 26.4 Å². The first kappa shape index (κ1) is 70.1. The molecule has 476 valence electrons. The van der Waals surface area contributed by atoms with Crippen molar-refractivity contribution in [2.24, 2.45) is 46.8 Å². The highest BCUT2D eigenvalue weighted by Gasteiger charge is 2.52. The summed E-state index contributed by atoms with van der Waals surface area (Å²) >= 11 is 0. The molecule has 0 radical (unpaired) electrons. The lowest BCUT2D eigenvalue weighted by Gasteiger charge is -2.49. The Morgan fingerprint density at radius 1 is 0.568 bits per heavy atom. The monoisotopic (exact) mass is 1170 g/mol. The number of carbonyl (C=O) groups excluding carboxylic acids is 1. The molecule has 26 nitrogen and oxygen atoms in total. The van der Waals surface area contributed by atoms with Crippen molar-refractivity contribution in [1.82, 2.24) is 5.32 Å². The van der Waals surface area contributed by atoms with E-state index in [9.17, 15) is 61.0 Å². The zero-order valence-electron chi connectivity index (χ0n) is 49.2. The first-order valence-electron chi connectivity index (χ1n) is 29.5. The third kappa shape index (κ3) is 19.2. The van der Waals surface area contributed by atoms with Gasteiger partial charge in [0.1, 0.15) is 60.5 Å². The van der Waals surface area contributed by atoms with Crippen LogP contribution in [0.2, 0.25) is 0 Å². The molecule has 5 heterocycles. The number of aliphatic hydroxyl groups excluding tert-OH is 11. The molecular weight excluding hydrogens is 1070 g/mol. The molecular formula is C55H104N4O22. The first-order chi connectivity index (χ1) is 38.1. The minimum atomic E-state index is -1.45. The van der Waals surface area contributed by atoms with Crippen LogP contribution in [0.25, 0.3) is 0 Å². The van der Waals surface area contributed by atoms with Crippen LogP contribution in [0.4, 0.5) is 4.79 Å². The van der Waals surface area contributed by atoms with Crippen molar-refractivity contribution >= 4 is 6.09 Å². The Morgan fingerprint density at radius 2 is 0.988 bits per heavy atom. The van der Waals surface area contributed by atoms with E-state index in [1.54, 1.807) is 20.8 Å². The maximum absolute atomic E-state index is 12.0. The second-order valence-electron chi connectivity index (χ2n) is 24.7. The van der Waals surface area contributed by atoms with E-state index in [-0.39, 0.29) is 48.7 Å². The largest absolute Gasteiger partial charge is 0.444 e. The van der Waals surface area contributed by atoms with Gasteiger partial charge in [0, 0.05) is 24.4 Å². The van der Waals surface area contributed by atoms with E-state index < -0.39 is 166 Å². The summed E-state index contributed by atoms with van der Waals surface area (Å²) in [6.45, 7) is 18.8. The second-order valence-corrected chi connectivity index (χ2v) is 24.7. The van der Waals surface area contributed by atoms with E-state index in [0.29, 0.717) is 51.0 Å². The topological polar surface area (TPSA) is 425 Å². The third-order valence-electron chi connectivity index (χ3n) is 16.8. The number of alkyl carbamates (subject to hydrolysis) is 1. The van der Waals surface area contributed by atoms with Crippen molar-refractivity contribution in [1.29, 1.82) is 0 Å². The van der Waals surface area contributed by atoms with Crippen LogP contribution in [0.1, 0.15) is 127 Å². The zero-order chi connectivity index (χ0) is 60.4. The van der Waals surface area contributed by atoms with E-state index in [1.165, 1.54) is 6.42 Å². The number of carbonyl (C=O) groups is 1. The molecule has 5 saturated heterocycles. The molecule has 0 bridgehead atoms. The van der Waals surface area contributed by atoms with Crippen molar-refractivity contribution in [3.05, 3.63) is 0 Å². The Balaban J connectivity index is 0.000000284. The fourth-order valence-corrected chi connectivity index (χ4v) is 11.7. The van der Waals surface area contributed by atoms with E-state index >= 15 is 0 Å². The maximum Gasteiger partial charge on any atom is 0.407 e. The zero-order valence-corrected chi connectivity index (χ0v) is 49.2. The average molecular weight is 1170 g/mol. The molecule has 81 heavy (non-hydrogen) atoms. The highest BCUT2D eigenvalue weighted by molar-refractivity contribution is 5.67. The summed E-state index contributed by atoms with van der Waals surface area (Å²) in [6.07, 6.45) is -14.8. The van der Waals surface area contributed by atoms with Gasteiger partial charge >= 0.3 is 6.09 Å². The summed E-state index contributed by atoms with van der Waals surface area (Å²) in [7, 11) is 0. The Hall–Kier alpha value is -1.65. The van der Waals surface area contributed by atoms with Crippen molar-refractivity contribution in [3.63, 3.8) is 0 Å². The number of epoxide rings is 1. The summed E-state index contributed by atoms with van der Waals surface area (Å²) < 4.78 is 57.9. The van der Waals surface area contributed by atoms with Crippen LogP contribution in [0.3, 0.4) is 0 Å². The van der Waals surface area contributed by atoms with Crippen LogP contribution < -0.4 is 22.5 Å². The third-order valence-corrected chi connectivity index (χ3v) is 16.8. The Bertz CT molecular complexity index is 1830. The molecule has 18 N–H and O–H groups in total. The lowest BCUT2D eigenvalue weighted by atomic mass is 9.74. The number of nitrogens with two attached hydrogens (primary N) is 3. The summed E-state index contributed by atoms with van der Waals surface area (Å²) in [5, 5.41) is 117. The predicted molar refractivity (Wildman–Crippen MR) is 289 cm³/mol. The van der Waals surface area contributed by atoms with Crippen LogP contribution in [-0.4, -0.2) is 247 Å². The molecule has 2 aliphatic carbocycles. The molecule has 0 aromatic carbocycles. The van der Waals surface area contributed by atoms with Crippen molar-refractivity contribution in [3.8, 4) is 0 Å². The fraction of sp³-hybridized carbons (Fsp3) is 0.982. The highest BCUT2D eigenvalue weighted by Crippen LogP contribution is 2.41. The number of nitrogens with one attached hydrogen (secondary N) is 1. The van der Waals surface area contributed by atoms with Gasteiger partial charge in [-0.3, -0.25) is 0 Å². The normalized spacial score (nSPS) is 46.0. The van der Waals surface area contributed by atoms with Gasteiger partial charge in [-0.15, -0.1) is 0 Å². The lowest BCUT2D eigenvalue weighted by molar-refractivity contribution is -0.326. The molecule has 1 amide bonds. The van der Waals surface area contributed by atoms with Crippen LogP contribution in [0, 0.1) is 29.6 Å². The fourth-order valence-electron chi connectivity index (χ4n) is 11.7. The number of aliphatic hydroxyl groups is 11. The van der Waals surface area contributed by atoms with Gasteiger partial charge in [-0.1, -0.05) is 48.5 Å². The van der Waals surface area contributed by atoms with E-state index in [1.807, 2.05) is 41.5 Å². The van der Waals surface area contributed by atoms with E-state index in [0.717, 1.165) is 6.61 Å². The molecule has 5 aliphatic heterocycles. The van der Waals surface area contributed by atoms with Crippen LogP contribution in [0.5, 0.6) is 0 Å². The number of ether oxygens (including phenoxy) is 10. The molecule has 2 saturated carbocycles. The van der Waals surface area contributed by atoms with Crippen LogP contribution >= 0.6 is 0 Å². The van der Waals surface area contributed by atoms with Crippen LogP contribution in [-0.2, 0) is 47.4 Å². The van der Waals surface area contributed by atoms with Gasteiger partial charge in [0.2, 0.25) is 0 Å². The van der Waals surface area contributed by atoms with Gasteiger partial charge in [0.15, 0.2) is 25.2 Å². The average Bonchev–Trinajstić information content (AvgIpc) is 4.33. The lowest BCUT2D eigenvalue weighted by Crippen LogP contribution is -2.66.